The molecular weight excluding hydrogens is 895 g/mol. The molecule has 10 rings (SSSR count). The van der Waals surface area contributed by atoms with Crippen molar-refractivity contribution in [2.24, 2.45) is 7.05 Å². The van der Waals surface area contributed by atoms with Gasteiger partial charge in [0.25, 0.3) is 5.91 Å². The summed E-state index contributed by atoms with van der Waals surface area (Å²) >= 11 is 0. The molecule has 354 valence electrons. The molecule has 14 nitrogen and oxygen atoms in total. The summed E-state index contributed by atoms with van der Waals surface area (Å²) in [5.41, 5.74) is 1.14. The van der Waals surface area contributed by atoms with Crippen LogP contribution in [-0.2, 0) is 19.8 Å². The Labute approximate surface area is 384 Å². The maximum Gasteiger partial charge on any atom is 0.419 e. The smallest absolute Gasteiger partial charge is 0.335 e. The van der Waals surface area contributed by atoms with E-state index >= 15 is 0 Å². The number of likely N-dealkylation sites (tertiary alicyclic amines) is 1. The maximum atomic E-state index is 14.1. The summed E-state index contributed by atoms with van der Waals surface area (Å²) in [5, 5.41) is 14.1. The normalized spacial score (nSPS) is 18.7. The highest BCUT2D eigenvalue weighted by Gasteiger charge is 2.41. The van der Waals surface area contributed by atoms with Crippen LogP contribution in [0.3, 0.4) is 0 Å². The second kappa shape index (κ2) is 18.5. The predicted molar refractivity (Wildman–Crippen MR) is 241 cm³/mol. The fourth-order valence-corrected chi connectivity index (χ4v) is 9.88. The lowest BCUT2D eigenvalue weighted by Gasteiger charge is -2.40. The minimum absolute atomic E-state index is 0.0321. The van der Waals surface area contributed by atoms with Crippen LogP contribution in [0.5, 0.6) is 0 Å². The average molecular weight is 941 g/mol. The number of piperidine rings is 2. The second-order valence-corrected chi connectivity index (χ2v) is 17.6. The van der Waals surface area contributed by atoms with Crippen LogP contribution in [0.25, 0.3) is 32.8 Å². The van der Waals surface area contributed by atoms with Gasteiger partial charge in [-0.15, -0.1) is 0 Å². The zero-order valence-electron chi connectivity index (χ0n) is 36.8. The number of anilines is 1. The first kappa shape index (κ1) is 45.9. The molecule has 0 aliphatic carbocycles. The lowest BCUT2D eigenvalue weighted by Crippen LogP contribution is -2.53. The third kappa shape index (κ3) is 9.49. The van der Waals surface area contributed by atoms with Crippen LogP contribution in [0.4, 0.5) is 41.6 Å². The minimum Gasteiger partial charge on any atom is -0.335 e. The summed E-state index contributed by atoms with van der Waals surface area (Å²) in [6.07, 6.45) is 1.78. The van der Waals surface area contributed by atoms with Crippen molar-refractivity contribution in [3.05, 3.63) is 135 Å². The molecule has 3 saturated heterocycles. The van der Waals surface area contributed by atoms with Gasteiger partial charge in [0.1, 0.15) is 23.0 Å². The van der Waals surface area contributed by atoms with Crippen molar-refractivity contribution in [1.29, 1.82) is 0 Å². The number of fused-ring (bicyclic) bond motifs is 5. The molecule has 4 N–H and O–H groups in total. The number of H-pyrrole nitrogens is 1. The summed E-state index contributed by atoms with van der Waals surface area (Å²) in [5.74, 6) is -2.93. The van der Waals surface area contributed by atoms with Crippen molar-refractivity contribution in [1.82, 2.24) is 44.7 Å². The molecule has 3 fully saturated rings. The van der Waals surface area contributed by atoms with Gasteiger partial charge in [-0.25, -0.2) is 32.5 Å². The first-order valence-corrected chi connectivity index (χ1v) is 22.2. The van der Waals surface area contributed by atoms with Gasteiger partial charge in [-0.3, -0.25) is 24.3 Å². The van der Waals surface area contributed by atoms with E-state index in [-0.39, 0.29) is 46.4 Å². The van der Waals surface area contributed by atoms with Gasteiger partial charge in [-0.2, -0.15) is 18.3 Å². The van der Waals surface area contributed by atoms with Crippen molar-refractivity contribution in [2.75, 3.05) is 18.4 Å². The van der Waals surface area contributed by atoms with Gasteiger partial charge in [-0.1, -0.05) is 24.3 Å². The average Bonchev–Trinajstić information content (AvgIpc) is 3.88. The van der Waals surface area contributed by atoms with Gasteiger partial charge in [0.2, 0.25) is 0 Å². The molecule has 0 saturated carbocycles. The Morgan fingerprint density at radius 3 is 2.29 bits per heavy atom. The van der Waals surface area contributed by atoms with Crippen molar-refractivity contribution in [3.63, 3.8) is 0 Å². The quantitative estimate of drug-likeness (QED) is 0.121. The first-order valence-electron chi connectivity index (χ1n) is 22.2. The molecule has 4 aromatic carbocycles. The number of benzene rings is 4. The van der Waals surface area contributed by atoms with E-state index in [1.54, 1.807) is 36.7 Å². The second-order valence-electron chi connectivity index (χ2n) is 17.6. The Morgan fingerprint density at radius 1 is 0.838 bits per heavy atom. The number of nitrogens with zero attached hydrogens (tertiary/aromatic N) is 6. The summed E-state index contributed by atoms with van der Waals surface area (Å²) in [7, 11) is 1.69. The standard InChI is InChI=1S/C31H33F2N5O2.C17H13F4N5O2/c32-22-7-6-20-14-19(4-5-21(20)15-22)18-37-25-8-9-26(37)17-23(16-25)34-30(39)36-12-10-24(11-13-36)38-28-3-1-2-27(33)29(28)35-31(38)40;1-8-11-5-9(7-22-14(11)26(2)25-8)15(27)24-16(28)23-10-3-4-13(18)12(6-10)17(19,20)21/h1-7,14-15,23-26H,8-13,16-18H2,(H,34,39)(H,35,40);3-7H,1-2H3,(H2,23,24,27,28). The van der Waals surface area contributed by atoms with Crippen molar-refractivity contribution >= 4 is 56.5 Å². The highest BCUT2D eigenvalue weighted by atomic mass is 19.4. The number of nitrogens with one attached hydrogen (secondary N) is 4. The molecule has 5 amide bonds. The zero-order chi connectivity index (χ0) is 48.0. The fourth-order valence-electron chi connectivity index (χ4n) is 9.88. The molecule has 3 aliphatic rings. The number of rotatable bonds is 6. The van der Waals surface area contributed by atoms with Crippen LogP contribution < -0.4 is 21.6 Å². The number of pyridine rings is 1. The number of alkyl halides is 3. The summed E-state index contributed by atoms with van der Waals surface area (Å²) in [4.78, 5) is 61.1. The number of urea groups is 2. The lowest BCUT2D eigenvalue weighted by atomic mass is 9.96. The van der Waals surface area contributed by atoms with E-state index in [0.29, 0.717) is 72.4 Å². The molecule has 2 unspecified atom stereocenters. The molecule has 0 radical (unpaired) electrons. The molecule has 6 heterocycles. The minimum atomic E-state index is -4.92. The number of carbonyl (C=O) groups excluding carboxylic acids is 3. The van der Waals surface area contributed by atoms with Gasteiger partial charge in [0, 0.05) is 68.1 Å². The number of aromatic amines is 1. The number of amides is 5. The van der Waals surface area contributed by atoms with Crippen LogP contribution in [-0.4, -0.2) is 83.3 Å². The van der Waals surface area contributed by atoms with E-state index in [1.807, 2.05) is 22.3 Å². The van der Waals surface area contributed by atoms with E-state index in [1.165, 1.54) is 34.6 Å². The Hall–Kier alpha value is -7.22. The number of aromatic nitrogens is 5. The first-order chi connectivity index (χ1) is 32.5. The SMILES string of the molecule is Cc1nn(C)c2ncc(C(=O)NC(=O)Nc3ccc(F)c(C(F)(F)F)c3)cc12.O=C(NC1CC2CCC(C1)N2Cc1ccc2cc(F)ccc2c1)N1CCC(n2c(=O)[nH]c3c(F)cccc32)CC1. The van der Waals surface area contributed by atoms with Crippen LogP contribution >= 0.6 is 0 Å². The van der Waals surface area contributed by atoms with E-state index in [4.69, 9.17) is 0 Å². The van der Waals surface area contributed by atoms with Gasteiger partial charge >= 0.3 is 23.9 Å². The van der Waals surface area contributed by atoms with Crippen molar-refractivity contribution in [3.8, 4) is 0 Å². The number of imidazole rings is 1. The number of hydrogen-bond donors (Lipinski definition) is 4. The molecule has 2 atom stereocenters. The van der Waals surface area contributed by atoms with Gasteiger partial charge in [-0.05, 0) is 116 Å². The molecule has 0 spiro atoms. The van der Waals surface area contributed by atoms with Crippen LogP contribution in [0.1, 0.15) is 71.7 Å². The monoisotopic (exact) mass is 940 g/mol. The molecule has 3 aromatic heterocycles. The number of para-hydroxylation sites is 1. The highest BCUT2D eigenvalue weighted by Crippen LogP contribution is 2.38. The topological polar surface area (TPSA) is 162 Å². The third-order valence-electron chi connectivity index (χ3n) is 13.1. The number of aryl methyl sites for hydroxylation is 2. The Bertz CT molecular complexity index is 3130. The number of carbonyl (C=O) groups is 3. The van der Waals surface area contributed by atoms with Gasteiger partial charge in [0.15, 0.2) is 5.65 Å². The highest BCUT2D eigenvalue weighted by molar-refractivity contribution is 6.08. The van der Waals surface area contributed by atoms with E-state index < -0.39 is 35.3 Å². The van der Waals surface area contributed by atoms with Crippen molar-refractivity contribution in [2.45, 2.75) is 82.3 Å². The lowest BCUT2D eigenvalue weighted by molar-refractivity contribution is -0.139. The Morgan fingerprint density at radius 2 is 1.56 bits per heavy atom. The van der Waals surface area contributed by atoms with E-state index in [2.05, 4.69) is 42.7 Å². The molecule has 68 heavy (non-hydrogen) atoms. The maximum absolute atomic E-state index is 14.1. The summed E-state index contributed by atoms with van der Waals surface area (Å²) in [6.45, 7) is 3.71. The van der Waals surface area contributed by atoms with E-state index in [0.717, 1.165) is 49.1 Å². The predicted octanol–water partition coefficient (Wildman–Crippen LogP) is 8.70. The zero-order valence-corrected chi connectivity index (χ0v) is 36.8. The van der Waals surface area contributed by atoms with Gasteiger partial charge in [0.05, 0.1) is 22.3 Å². The Balaban J connectivity index is 0.000000182. The number of halogens is 6. The van der Waals surface area contributed by atoms with Crippen LogP contribution in [0, 0.1) is 24.4 Å². The number of imide groups is 1. The summed E-state index contributed by atoms with van der Waals surface area (Å²) < 4.78 is 82.3. The molecule has 2 bridgehead atoms. The third-order valence-corrected chi connectivity index (χ3v) is 13.1. The summed E-state index contributed by atoms with van der Waals surface area (Å²) in [6, 6.07) is 19.2. The van der Waals surface area contributed by atoms with Crippen LogP contribution in [0.2, 0.25) is 0 Å². The Kier molecular flexibility index (Phi) is 12.5. The molecular formula is C48H46F6N10O4. The molecule has 3 aliphatic heterocycles. The molecule has 20 heteroatoms. The largest absolute Gasteiger partial charge is 0.419 e. The van der Waals surface area contributed by atoms with Crippen molar-refractivity contribution < 1.29 is 40.7 Å². The van der Waals surface area contributed by atoms with Gasteiger partial charge < -0.3 is 20.5 Å². The fraction of sp³-hybridized carbons (Fsp3) is 0.333. The van der Waals surface area contributed by atoms with E-state index in [9.17, 15) is 45.5 Å². The molecule has 7 aromatic rings. The van der Waals surface area contributed by atoms with Crippen LogP contribution in [0.15, 0.2) is 89.9 Å². The number of hydrogen-bond acceptors (Lipinski definition) is 7.